The van der Waals surface area contributed by atoms with Gasteiger partial charge in [-0.15, -0.1) is 0 Å². The van der Waals surface area contributed by atoms with Crippen LogP contribution in [-0.2, 0) is 13.0 Å². The van der Waals surface area contributed by atoms with Crippen LogP contribution in [0.1, 0.15) is 22.3 Å². The SMILES string of the molecule is Cc1ccc(C)c2c1CCN(S)C2. The Balaban J connectivity index is 2.51. The summed E-state index contributed by atoms with van der Waals surface area (Å²) in [6.07, 6.45) is 1.15. The van der Waals surface area contributed by atoms with Gasteiger partial charge in [0, 0.05) is 13.1 Å². The van der Waals surface area contributed by atoms with E-state index in [9.17, 15) is 0 Å². The molecule has 0 bridgehead atoms. The molecule has 0 amide bonds. The Morgan fingerprint density at radius 3 is 2.46 bits per heavy atom. The molecule has 1 aliphatic rings. The number of nitrogens with zero attached hydrogens (tertiary/aromatic N) is 1. The fourth-order valence-electron chi connectivity index (χ4n) is 2.00. The fraction of sp³-hybridized carbons (Fsp3) is 0.455. The van der Waals surface area contributed by atoms with Crippen molar-refractivity contribution in [3.05, 3.63) is 34.4 Å². The standard InChI is InChI=1S/C11H15NS/c1-8-3-4-9(2)11-7-12(13)6-5-10(8)11/h3-4,13H,5-7H2,1-2H3. The normalized spacial score (nSPS) is 17.2. The van der Waals surface area contributed by atoms with Crippen LogP contribution in [0.25, 0.3) is 0 Å². The predicted octanol–water partition coefficient (Wildman–Crippen LogP) is 2.51. The van der Waals surface area contributed by atoms with Crippen LogP contribution in [-0.4, -0.2) is 10.8 Å². The molecular weight excluding hydrogens is 178 g/mol. The van der Waals surface area contributed by atoms with Gasteiger partial charge in [-0.2, -0.15) is 0 Å². The predicted molar refractivity (Wildman–Crippen MR) is 59.0 cm³/mol. The summed E-state index contributed by atoms with van der Waals surface area (Å²) in [5.74, 6) is 0. The minimum atomic E-state index is 0.992. The van der Waals surface area contributed by atoms with E-state index in [0.29, 0.717) is 0 Å². The van der Waals surface area contributed by atoms with Crippen molar-refractivity contribution in [1.29, 1.82) is 0 Å². The summed E-state index contributed by atoms with van der Waals surface area (Å²) in [6.45, 7) is 6.45. The first-order chi connectivity index (χ1) is 6.18. The van der Waals surface area contributed by atoms with Crippen molar-refractivity contribution in [2.24, 2.45) is 0 Å². The Kier molecular flexibility index (Phi) is 2.35. The zero-order valence-corrected chi connectivity index (χ0v) is 9.06. The Bertz CT molecular complexity index is 333. The summed E-state index contributed by atoms with van der Waals surface area (Å²) >= 11 is 4.40. The molecule has 13 heavy (non-hydrogen) atoms. The molecule has 1 aromatic carbocycles. The van der Waals surface area contributed by atoms with Gasteiger partial charge in [0.1, 0.15) is 0 Å². The van der Waals surface area contributed by atoms with E-state index in [1.165, 1.54) is 16.7 Å². The lowest BCUT2D eigenvalue weighted by molar-refractivity contribution is 0.447. The molecule has 0 saturated carbocycles. The van der Waals surface area contributed by atoms with Crippen LogP contribution >= 0.6 is 12.8 Å². The third kappa shape index (κ3) is 1.61. The first-order valence-electron chi connectivity index (χ1n) is 4.70. The van der Waals surface area contributed by atoms with Crippen LogP contribution in [0.5, 0.6) is 0 Å². The molecule has 0 N–H and O–H groups in total. The molecule has 2 heteroatoms. The second kappa shape index (κ2) is 3.35. The Morgan fingerprint density at radius 1 is 1.15 bits per heavy atom. The van der Waals surface area contributed by atoms with Gasteiger partial charge in [-0.25, -0.2) is 4.31 Å². The minimum Gasteiger partial charge on any atom is -0.249 e. The zero-order valence-electron chi connectivity index (χ0n) is 8.17. The van der Waals surface area contributed by atoms with Gasteiger partial charge in [0.2, 0.25) is 0 Å². The highest BCUT2D eigenvalue weighted by Gasteiger charge is 2.16. The number of hydrogen-bond acceptors (Lipinski definition) is 2. The van der Waals surface area contributed by atoms with Crippen molar-refractivity contribution in [3.8, 4) is 0 Å². The summed E-state index contributed by atoms with van der Waals surface area (Å²) < 4.78 is 2.09. The van der Waals surface area contributed by atoms with Crippen LogP contribution in [0.15, 0.2) is 12.1 Å². The number of aryl methyl sites for hydroxylation is 2. The number of fused-ring (bicyclic) bond motifs is 1. The lowest BCUT2D eigenvalue weighted by Crippen LogP contribution is -2.23. The quantitative estimate of drug-likeness (QED) is 0.620. The second-order valence-corrected chi connectivity index (χ2v) is 4.36. The van der Waals surface area contributed by atoms with Gasteiger partial charge in [-0.3, -0.25) is 0 Å². The van der Waals surface area contributed by atoms with Crippen LogP contribution in [0.3, 0.4) is 0 Å². The number of benzene rings is 1. The molecular formula is C11H15NS. The monoisotopic (exact) mass is 193 g/mol. The van der Waals surface area contributed by atoms with E-state index >= 15 is 0 Å². The Morgan fingerprint density at radius 2 is 1.77 bits per heavy atom. The molecule has 1 nitrogen and oxygen atoms in total. The first kappa shape index (κ1) is 9.10. The van der Waals surface area contributed by atoms with Gasteiger partial charge in [-0.1, -0.05) is 24.9 Å². The fourth-order valence-corrected chi connectivity index (χ4v) is 2.24. The third-order valence-electron chi connectivity index (χ3n) is 2.86. The molecule has 0 fully saturated rings. The molecule has 0 saturated heterocycles. The molecule has 1 aromatic rings. The second-order valence-electron chi connectivity index (χ2n) is 3.79. The maximum absolute atomic E-state index is 4.40. The van der Waals surface area contributed by atoms with Crippen molar-refractivity contribution in [1.82, 2.24) is 4.31 Å². The highest BCUT2D eigenvalue weighted by Crippen LogP contribution is 2.25. The maximum Gasteiger partial charge on any atom is 0.0343 e. The van der Waals surface area contributed by atoms with Gasteiger partial charge in [0.25, 0.3) is 0 Å². The summed E-state index contributed by atoms with van der Waals surface area (Å²) in [4.78, 5) is 0. The highest BCUT2D eigenvalue weighted by molar-refractivity contribution is 7.77. The molecule has 0 atom stereocenters. The van der Waals surface area contributed by atoms with E-state index in [-0.39, 0.29) is 0 Å². The number of rotatable bonds is 0. The Hall–Kier alpha value is -0.470. The van der Waals surface area contributed by atoms with Crippen LogP contribution in [0, 0.1) is 13.8 Å². The maximum atomic E-state index is 4.40. The summed E-state index contributed by atoms with van der Waals surface area (Å²) in [5.41, 5.74) is 5.87. The van der Waals surface area contributed by atoms with Crippen LogP contribution in [0.2, 0.25) is 0 Å². The van der Waals surface area contributed by atoms with Crippen molar-refractivity contribution in [2.45, 2.75) is 26.8 Å². The lowest BCUT2D eigenvalue weighted by Gasteiger charge is -2.26. The van der Waals surface area contributed by atoms with Crippen LogP contribution in [0.4, 0.5) is 0 Å². The molecule has 0 unspecified atom stereocenters. The van der Waals surface area contributed by atoms with Gasteiger partial charge < -0.3 is 0 Å². The highest BCUT2D eigenvalue weighted by atomic mass is 32.1. The third-order valence-corrected chi connectivity index (χ3v) is 3.20. The summed E-state index contributed by atoms with van der Waals surface area (Å²) in [7, 11) is 0. The number of thiol groups is 1. The van der Waals surface area contributed by atoms with E-state index in [0.717, 1.165) is 19.5 Å². The summed E-state index contributed by atoms with van der Waals surface area (Å²) in [6, 6.07) is 4.43. The Labute approximate surface area is 85.3 Å². The topological polar surface area (TPSA) is 3.24 Å². The molecule has 1 heterocycles. The van der Waals surface area contributed by atoms with E-state index in [2.05, 4.69) is 43.1 Å². The van der Waals surface area contributed by atoms with E-state index < -0.39 is 0 Å². The van der Waals surface area contributed by atoms with E-state index in [1.54, 1.807) is 5.56 Å². The average molecular weight is 193 g/mol. The van der Waals surface area contributed by atoms with Gasteiger partial charge in [-0.05, 0) is 42.5 Å². The first-order valence-corrected chi connectivity index (χ1v) is 5.10. The molecule has 0 aliphatic carbocycles. The molecule has 70 valence electrons. The van der Waals surface area contributed by atoms with Crippen LogP contribution < -0.4 is 0 Å². The van der Waals surface area contributed by atoms with E-state index in [1.807, 2.05) is 0 Å². The van der Waals surface area contributed by atoms with Crippen molar-refractivity contribution < 1.29 is 0 Å². The summed E-state index contributed by atoms with van der Waals surface area (Å²) in [5, 5.41) is 0. The van der Waals surface area contributed by atoms with Gasteiger partial charge >= 0.3 is 0 Å². The van der Waals surface area contributed by atoms with Gasteiger partial charge in [0.05, 0.1) is 0 Å². The smallest absolute Gasteiger partial charge is 0.0343 e. The van der Waals surface area contributed by atoms with Crippen molar-refractivity contribution >= 4 is 12.8 Å². The molecule has 2 rings (SSSR count). The minimum absolute atomic E-state index is 0.992. The molecule has 0 radical (unpaired) electrons. The van der Waals surface area contributed by atoms with E-state index in [4.69, 9.17) is 0 Å². The molecule has 0 aromatic heterocycles. The average Bonchev–Trinajstić information content (AvgIpc) is 2.12. The molecule has 0 spiro atoms. The molecule has 1 aliphatic heterocycles. The largest absolute Gasteiger partial charge is 0.249 e. The van der Waals surface area contributed by atoms with Crippen molar-refractivity contribution in [3.63, 3.8) is 0 Å². The van der Waals surface area contributed by atoms with Crippen molar-refractivity contribution in [2.75, 3.05) is 6.54 Å². The number of hydrogen-bond donors (Lipinski definition) is 1. The lowest BCUT2D eigenvalue weighted by atomic mass is 9.93. The zero-order chi connectivity index (χ0) is 9.42. The van der Waals surface area contributed by atoms with Gasteiger partial charge in [0.15, 0.2) is 0 Å².